The molecule has 0 fully saturated rings. The van der Waals surface area contributed by atoms with Gasteiger partial charge in [0.15, 0.2) is 0 Å². The molecule has 0 aliphatic rings. The van der Waals surface area contributed by atoms with E-state index >= 15 is 0 Å². The van der Waals surface area contributed by atoms with E-state index in [1.54, 1.807) is 0 Å². The Morgan fingerprint density at radius 1 is 0.308 bits per heavy atom. The van der Waals surface area contributed by atoms with Crippen LogP contribution in [0, 0.1) is 0 Å². The summed E-state index contributed by atoms with van der Waals surface area (Å²) in [6, 6.07) is 4.41. The zero-order valence-electron chi connectivity index (χ0n) is 36.4. The van der Waals surface area contributed by atoms with E-state index in [1.807, 2.05) is 0 Å². The van der Waals surface area contributed by atoms with Crippen LogP contribution in [-0.2, 0) is 0 Å². The Balaban J connectivity index is 3.73. The van der Waals surface area contributed by atoms with Gasteiger partial charge in [-0.3, -0.25) is 0 Å². The van der Waals surface area contributed by atoms with E-state index in [1.165, 1.54) is 204 Å². The van der Waals surface area contributed by atoms with Crippen LogP contribution in [0.15, 0.2) is 12.1 Å². The first kappa shape index (κ1) is 48.4. The van der Waals surface area contributed by atoms with E-state index in [0.29, 0.717) is 5.75 Å². The van der Waals surface area contributed by atoms with E-state index in [4.69, 9.17) is 0 Å². The molecular weight excluding hydrogens is 635 g/mol. The van der Waals surface area contributed by atoms with E-state index in [-0.39, 0.29) is 0 Å². The standard InChI is InChI=1S/C48H93N3O/c1-7-13-19-25-31-39-49(40-32-26-20-14-8-2)45-37-38-46(52)48(51(43-35-29-23-17-11-5)44-36-30-24-18-12-6)47(45)50(41-33-27-21-15-9-3)42-34-28-22-16-10-4/h37-38,52H,7-36,39-44H2,1-6H3. The number of phenols is 1. The number of benzene rings is 1. The average molecular weight is 728 g/mol. The van der Waals surface area contributed by atoms with Crippen LogP contribution in [0.3, 0.4) is 0 Å². The topological polar surface area (TPSA) is 30.0 Å². The van der Waals surface area contributed by atoms with E-state index < -0.39 is 0 Å². The lowest BCUT2D eigenvalue weighted by atomic mass is 10.0. The Morgan fingerprint density at radius 3 is 0.846 bits per heavy atom. The molecule has 4 nitrogen and oxygen atoms in total. The van der Waals surface area contributed by atoms with Gasteiger partial charge < -0.3 is 19.8 Å². The third-order valence-corrected chi connectivity index (χ3v) is 11.3. The second-order valence-corrected chi connectivity index (χ2v) is 16.2. The van der Waals surface area contributed by atoms with Gasteiger partial charge in [-0.2, -0.15) is 0 Å². The third kappa shape index (κ3) is 22.6. The first-order valence-electron chi connectivity index (χ1n) is 23.7. The van der Waals surface area contributed by atoms with Crippen LogP contribution in [-0.4, -0.2) is 44.4 Å². The van der Waals surface area contributed by atoms with Gasteiger partial charge in [-0.05, 0) is 50.7 Å². The predicted octanol–water partition coefficient (Wildman–Crippen LogP) is 15.6. The summed E-state index contributed by atoms with van der Waals surface area (Å²) >= 11 is 0. The summed E-state index contributed by atoms with van der Waals surface area (Å²) in [5, 5.41) is 12.0. The molecule has 0 saturated heterocycles. The highest BCUT2D eigenvalue weighted by atomic mass is 16.3. The molecule has 0 aromatic heterocycles. The smallest absolute Gasteiger partial charge is 0.141 e. The van der Waals surface area contributed by atoms with Crippen molar-refractivity contribution in [2.75, 3.05) is 54.0 Å². The molecule has 0 bridgehead atoms. The molecule has 52 heavy (non-hydrogen) atoms. The number of hydrogen-bond donors (Lipinski definition) is 1. The number of rotatable bonds is 39. The van der Waals surface area contributed by atoms with Crippen LogP contribution in [0.1, 0.15) is 234 Å². The molecule has 0 radical (unpaired) electrons. The lowest BCUT2D eigenvalue weighted by Gasteiger charge is -2.38. The van der Waals surface area contributed by atoms with Crippen molar-refractivity contribution in [2.24, 2.45) is 0 Å². The second kappa shape index (κ2) is 35.1. The summed E-state index contributed by atoms with van der Waals surface area (Å²) in [5.41, 5.74) is 3.94. The summed E-state index contributed by atoms with van der Waals surface area (Å²) in [6.45, 7) is 20.5. The van der Waals surface area contributed by atoms with Crippen LogP contribution in [0.4, 0.5) is 17.1 Å². The molecular formula is C48H93N3O. The first-order valence-corrected chi connectivity index (χ1v) is 23.7. The number of hydrogen-bond acceptors (Lipinski definition) is 4. The van der Waals surface area contributed by atoms with Gasteiger partial charge in [-0.1, -0.05) is 196 Å². The second-order valence-electron chi connectivity index (χ2n) is 16.2. The van der Waals surface area contributed by atoms with Crippen molar-refractivity contribution in [1.82, 2.24) is 0 Å². The summed E-state index contributed by atoms with van der Waals surface area (Å²) in [6.07, 6.45) is 39.1. The van der Waals surface area contributed by atoms with Gasteiger partial charge in [-0.25, -0.2) is 0 Å². The molecule has 1 aromatic carbocycles. The molecule has 4 heteroatoms. The molecule has 0 saturated carbocycles. The summed E-state index contributed by atoms with van der Waals surface area (Å²) in [4.78, 5) is 8.22. The molecule has 1 aromatic rings. The molecule has 1 rings (SSSR count). The fourth-order valence-electron chi connectivity index (χ4n) is 7.90. The third-order valence-electron chi connectivity index (χ3n) is 11.3. The van der Waals surface area contributed by atoms with Crippen molar-refractivity contribution in [3.05, 3.63) is 12.1 Å². The summed E-state index contributed by atoms with van der Waals surface area (Å²) in [5.74, 6) is 0.508. The van der Waals surface area contributed by atoms with Gasteiger partial charge >= 0.3 is 0 Å². The average Bonchev–Trinajstić information content (AvgIpc) is 3.15. The Bertz CT molecular complexity index is 862. The van der Waals surface area contributed by atoms with Gasteiger partial charge in [0.25, 0.3) is 0 Å². The lowest BCUT2D eigenvalue weighted by molar-refractivity contribution is 0.471. The van der Waals surface area contributed by atoms with Crippen LogP contribution in [0.2, 0.25) is 0 Å². The van der Waals surface area contributed by atoms with Crippen molar-refractivity contribution < 1.29 is 5.11 Å². The zero-order chi connectivity index (χ0) is 37.9. The highest BCUT2D eigenvalue weighted by Gasteiger charge is 2.26. The number of unbranched alkanes of at least 4 members (excludes halogenated alkanes) is 24. The molecule has 1 N–H and O–H groups in total. The number of aromatic hydroxyl groups is 1. The molecule has 0 aliphatic heterocycles. The molecule has 0 spiro atoms. The maximum atomic E-state index is 12.0. The molecule has 0 aliphatic carbocycles. The molecule has 0 atom stereocenters. The number of phenolic OH excluding ortho intramolecular Hbond substituents is 1. The Hall–Kier alpha value is -1.58. The van der Waals surface area contributed by atoms with Crippen molar-refractivity contribution in [1.29, 1.82) is 0 Å². The monoisotopic (exact) mass is 728 g/mol. The van der Waals surface area contributed by atoms with Gasteiger partial charge in [0.05, 0.1) is 11.4 Å². The maximum Gasteiger partial charge on any atom is 0.141 e. The number of anilines is 3. The predicted molar refractivity (Wildman–Crippen MR) is 237 cm³/mol. The Labute approximate surface area is 327 Å². The van der Waals surface area contributed by atoms with E-state index in [2.05, 4.69) is 68.4 Å². The highest BCUT2D eigenvalue weighted by Crippen LogP contribution is 2.46. The highest BCUT2D eigenvalue weighted by molar-refractivity contribution is 5.89. The fourth-order valence-corrected chi connectivity index (χ4v) is 7.90. The lowest BCUT2D eigenvalue weighted by Crippen LogP contribution is -2.35. The minimum Gasteiger partial charge on any atom is -0.506 e. The van der Waals surface area contributed by atoms with Gasteiger partial charge in [0.2, 0.25) is 0 Å². The first-order chi connectivity index (χ1) is 25.6. The minimum absolute atomic E-state index is 0.508. The van der Waals surface area contributed by atoms with Gasteiger partial charge in [0.1, 0.15) is 11.4 Å². The van der Waals surface area contributed by atoms with Crippen molar-refractivity contribution in [3.8, 4) is 5.75 Å². The Kier molecular flexibility index (Phi) is 32.7. The van der Waals surface area contributed by atoms with E-state index in [0.717, 1.165) is 45.0 Å². The molecule has 0 heterocycles. The molecule has 306 valence electrons. The minimum atomic E-state index is 0.508. The SMILES string of the molecule is CCCCCCCN(CCCCCCC)c1ccc(O)c(N(CCCCCCC)CCCCCCC)c1N(CCCCCCC)CCCCCCC. The summed E-state index contributed by atoms with van der Waals surface area (Å²) < 4.78 is 0. The molecule has 0 unspecified atom stereocenters. The fraction of sp³-hybridized carbons (Fsp3) is 0.875. The van der Waals surface area contributed by atoms with Crippen LogP contribution < -0.4 is 14.7 Å². The van der Waals surface area contributed by atoms with Crippen molar-refractivity contribution in [2.45, 2.75) is 234 Å². The normalized spacial score (nSPS) is 11.4. The zero-order valence-corrected chi connectivity index (χ0v) is 36.4. The maximum absolute atomic E-state index is 12.0. The summed E-state index contributed by atoms with van der Waals surface area (Å²) in [7, 11) is 0. The molecule has 0 amide bonds. The largest absolute Gasteiger partial charge is 0.506 e. The number of nitrogens with zero attached hydrogens (tertiary/aromatic N) is 3. The van der Waals surface area contributed by atoms with Crippen LogP contribution in [0.5, 0.6) is 5.75 Å². The van der Waals surface area contributed by atoms with Crippen molar-refractivity contribution in [3.63, 3.8) is 0 Å². The van der Waals surface area contributed by atoms with Crippen molar-refractivity contribution >= 4 is 17.1 Å². The van der Waals surface area contributed by atoms with Gasteiger partial charge in [-0.15, -0.1) is 0 Å². The van der Waals surface area contributed by atoms with Gasteiger partial charge in [0, 0.05) is 39.3 Å². The van der Waals surface area contributed by atoms with E-state index in [9.17, 15) is 5.11 Å². The van der Waals surface area contributed by atoms with Crippen LogP contribution >= 0.6 is 0 Å². The quantitative estimate of drug-likeness (QED) is 0.0684. The Morgan fingerprint density at radius 2 is 0.558 bits per heavy atom. The van der Waals surface area contributed by atoms with Crippen LogP contribution in [0.25, 0.3) is 0 Å².